The number of nitrogens with one attached hydrogen (secondary N) is 3. The lowest BCUT2D eigenvalue weighted by Crippen LogP contribution is -2.56. The van der Waals surface area contributed by atoms with Crippen molar-refractivity contribution in [3.8, 4) is 0 Å². The lowest BCUT2D eigenvalue weighted by Gasteiger charge is -2.28. The number of aliphatic hydroxyl groups is 1. The van der Waals surface area contributed by atoms with Gasteiger partial charge in [0.2, 0.25) is 11.8 Å². The standard InChI is InChI=1S/C31H45N3O5/c1-21(2)19-25(27(35)18-17-23-13-9-7-10-14-23)33-28(36)22(3)32-29(37)26(20-24-15-11-8-12-16-24)34-30(38)39-31(4,5)6/h7-16,21-22,25-27,35H,17-20H2,1-6H3,(H,32,37)(H,33,36)(H,34,38)/t22-,25+,26-,27+/m0/s1. The van der Waals surface area contributed by atoms with Crippen molar-refractivity contribution >= 4 is 17.9 Å². The second-order valence-corrected chi connectivity index (χ2v) is 11.5. The van der Waals surface area contributed by atoms with Gasteiger partial charge in [-0.25, -0.2) is 4.79 Å². The lowest BCUT2D eigenvalue weighted by atomic mass is 9.94. The molecule has 8 nitrogen and oxygen atoms in total. The zero-order valence-electron chi connectivity index (χ0n) is 24.1. The summed E-state index contributed by atoms with van der Waals surface area (Å²) in [5.74, 6) is -0.652. The van der Waals surface area contributed by atoms with Crippen molar-refractivity contribution in [3.05, 3.63) is 71.8 Å². The molecule has 8 heteroatoms. The molecule has 0 fully saturated rings. The van der Waals surface area contributed by atoms with E-state index in [-0.39, 0.29) is 12.3 Å². The summed E-state index contributed by atoms with van der Waals surface area (Å²) in [6, 6.07) is 16.9. The van der Waals surface area contributed by atoms with Gasteiger partial charge in [-0.05, 0) is 64.0 Å². The Hall–Kier alpha value is -3.39. The number of hydrogen-bond donors (Lipinski definition) is 4. The molecule has 0 aliphatic carbocycles. The first kappa shape index (κ1) is 31.8. The van der Waals surface area contributed by atoms with Gasteiger partial charge in [-0.15, -0.1) is 0 Å². The van der Waals surface area contributed by atoms with Gasteiger partial charge in [0.1, 0.15) is 17.7 Å². The lowest BCUT2D eigenvalue weighted by molar-refractivity contribution is -0.130. The normalized spacial score (nSPS) is 14.6. The van der Waals surface area contributed by atoms with E-state index >= 15 is 0 Å². The number of benzene rings is 2. The second-order valence-electron chi connectivity index (χ2n) is 11.5. The van der Waals surface area contributed by atoms with Gasteiger partial charge in [-0.3, -0.25) is 9.59 Å². The Balaban J connectivity index is 2.04. The van der Waals surface area contributed by atoms with Gasteiger partial charge in [0, 0.05) is 6.42 Å². The van der Waals surface area contributed by atoms with Crippen LogP contribution in [-0.2, 0) is 27.2 Å². The van der Waals surface area contributed by atoms with Crippen molar-refractivity contribution in [2.45, 2.75) is 97.1 Å². The van der Waals surface area contributed by atoms with Gasteiger partial charge in [-0.2, -0.15) is 0 Å². The predicted molar refractivity (Wildman–Crippen MR) is 153 cm³/mol. The first-order valence-electron chi connectivity index (χ1n) is 13.7. The van der Waals surface area contributed by atoms with Crippen LogP contribution >= 0.6 is 0 Å². The van der Waals surface area contributed by atoms with E-state index in [2.05, 4.69) is 16.0 Å². The molecule has 39 heavy (non-hydrogen) atoms. The molecule has 0 bridgehead atoms. The van der Waals surface area contributed by atoms with Crippen LogP contribution in [0.25, 0.3) is 0 Å². The molecule has 0 aliphatic rings. The molecule has 4 atom stereocenters. The summed E-state index contributed by atoms with van der Waals surface area (Å²) in [5.41, 5.74) is 1.25. The Morgan fingerprint density at radius 3 is 1.92 bits per heavy atom. The number of amides is 3. The number of carbonyl (C=O) groups excluding carboxylic acids is 3. The van der Waals surface area contributed by atoms with Crippen LogP contribution in [0, 0.1) is 5.92 Å². The van der Waals surface area contributed by atoms with Crippen LogP contribution in [0.1, 0.15) is 65.5 Å². The molecular formula is C31H45N3O5. The van der Waals surface area contributed by atoms with Crippen LogP contribution in [0.4, 0.5) is 4.79 Å². The first-order valence-corrected chi connectivity index (χ1v) is 13.7. The zero-order chi connectivity index (χ0) is 29.0. The second kappa shape index (κ2) is 15.3. The Kier molecular flexibility index (Phi) is 12.5. The third kappa shape index (κ3) is 12.3. The fourth-order valence-electron chi connectivity index (χ4n) is 4.18. The topological polar surface area (TPSA) is 117 Å². The van der Waals surface area contributed by atoms with Crippen molar-refractivity contribution < 1.29 is 24.2 Å². The molecule has 2 rings (SSSR count). The minimum absolute atomic E-state index is 0.231. The number of alkyl carbamates (subject to hydrolysis) is 1. The van der Waals surface area contributed by atoms with Gasteiger partial charge >= 0.3 is 6.09 Å². The molecular weight excluding hydrogens is 494 g/mol. The van der Waals surface area contributed by atoms with Crippen LogP contribution < -0.4 is 16.0 Å². The highest BCUT2D eigenvalue weighted by molar-refractivity contribution is 5.91. The van der Waals surface area contributed by atoms with Crippen LogP contribution in [0.15, 0.2) is 60.7 Å². The monoisotopic (exact) mass is 539 g/mol. The molecule has 2 aromatic rings. The zero-order valence-corrected chi connectivity index (χ0v) is 24.1. The minimum Gasteiger partial charge on any atom is -0.444 e. The van der Waals surface area contributed by atoms with E-state index in [1.54, 1.807) is 27.7 Å². The summed E-state index contributed by atoms with van der Waals surface area (Å²) in [6.07, 6.45) is 0.569. The van der Waals surface area contributed by atoms with Gasteiger partial charge in [-0.1, -0.05) is 74.5 Å². The van der Waals surface area contributed by atoms with Crippen LogP contribution in [0.2, 0.25) is 0 Å². The van der Waals surface area contributed by atoms with Crippen molar-refractivity contribution in [2.24, 2.45) is 5.92 Å². The van der Waals surface area contributed by atoms with E-state index in [1.807, 2.05) is 74.5 Å². The molecule has 3 amide bonds. The molecule has 0 saturated heterocycles. The summed E-state index contributed by atoms with van der Waals surface area (Å²) in [4.78, 5) is 38.8. The average molecular weight is 540 g/mol. The summed E-state index contributed by atoms with van der Waals surface area (Å²) >= 11 is 0. The Bertz CT molecular complexity index is 1040. The molecule has 0 spiro atoms. The number of carbonyl (C=O) groups is 3. The van der Waals surface area contributed by atoms with E-state index < -0.39 is 47.7 Å². The third-order valence-corrected chi connectivity index (χ3v) is 6.13. The third-order valence-electron chi connectivity index (χ3n) is 6.13. The summed E-state index contributed by atoms with van der Waals surface area (Å²) in [7, 11) is 0. The molecule has 214 valence electrons. The predicted octanol–water partition coefficient (Wildman–Crippen LogP) is 4.15. The molecule has 0 saturated carbocycles. The van der Waals surface area contributed by atoms with Crippen LogP contribution in [0.3, 0.4) is 0 Å². The van der Waals surface area contributed by atoms with Crippen molar-refractivity contribution in [3.63, 3.8) is 0 Å². The molecule has 0 aromatic heterocycles. The molecule has 0 aliphatic heterocycles. The fourth-order valence-corrected chi connectivity index (χ4v) is 4.18. The highest BCUT2D eigenvalue weighted by Crippen LogP contribution is 2.14. The largest absolute Gasteiger partial charge is 0.444 e. The molecule has 0 unspecified atom stereocenters. The average Bonchev–Trinajstić information content (AvgIpc) is 2.86. The van der Waals surface area contributed by atoms with Gasteiger partial charge in [0.05, 0.1) is 12.1 Å². The fraction of sp³-hybridized carbons (Fsp3) is 0.516. The van der Waals surface area contributed by atoms with Gasteiger partial charge in [0.15, 0.2) is 0 Å². The van der Waals surface area contributed by atoms with E-state index in [0.29, 0.717) is 19.3 Å². The SMILES string of the molecule is CC(C)C[C@@H](NC(=O)[C@H](C)NC(=O)[C@H](Cc1ccccc1)NC(=O)OC(C)(C)C)[C@H](O)CCc1ccccc1. The highest BCUT2D eigenvalue weighted by atomic mass is 16.6. The molecule has 2 aromatic carbocycles. The van der Waals surface area contributed by atoms with E-state index in [9.17, 15) is 19.5 Å². The molecule has 4 N–H and O–H groups in total. The van der Waals surface area contributed by atoms with Crippen LogP contribution in [-0.4, -0.2) is 52.8 Å². The Morgan fingerprint density at radius 1 is 0.821 bits per heavy atom. The smallest absolute Gasteiger partial charge is 0.408 e. The van der Waals surface area contributed by atoms with Crippen LogP contribution in [0.5, 0.6) is 0 Å². The number of rotatable bonds is 13. The highest BCUT2D eigenvalue weighted by Gasteiger charge is 2.29. The first-order chi connectivity index (χ1) is 18.3. The number of hydrogen-bond acceptors (Lipinski definition) is 5. The van der Waals surface area contributed by atoms with E-state index in [4.69, 9.17) is 4.74 Å². The summed E-state index contributed by atoms with van der Waals surface area (Å²) in [6.45, 7) is 10.9. The Morgan fingerprint density at radius 2 is 1.38 bits per heavy atom. The van der Waals surface area contributed by atoms with Gasteiger partial charge < -0.3 is 25.8 Å². The number of aliphatic hydroxyl groups excluding tert-OH is 1. The quantitative estimate of drug-likeness (QED) is 0.305. The maximum absolute atomic E-state index is 13.2. The van der Waals surface area contributed by atoms with E-state index in [0.717, 1.165) is 11.1 Å². The minimum atomic E-state index is -0.944. The molecule has 0 radical (unpaired) electrons. The van der Waals surface area contributed by atoms with Gasteiger partial charge in [0.25, 0.3) is 0 Å². The van der Waals surface area contributed by atoms with Crippen molar-refractivity contribution in [2.75, 3.05) is 0 Å². The maximum atomic E-state index is 13.2. The number of aryl methyl sites for hydroxylation is 1. The summed E-state index contributed by atoms with van der Waals surface area (Å²) < 4.78 is 5.34. The molecule has 0 heterocycles. The van der Waals surface area contributed by atoms with E-state index in [1.165, 1.54) is 0 Å². The Labute approximate surface area is 232 Å². The number of ether oxygens (including phenoxy) is 1. The van der Waals surface area contributed by atoms with Crippen molar-refractivity contribution in [1.29, 1.82) is 0 Å². The summed E-state index contributed by atoms with van der Waals surface area (Å²) in [5, 5.41) is 19.2. The maximum Gasteiger partial charge on any atom is 0.408 e. The van der Waals surface area contributed by atoms with Crippen molar-refractivity contribution in [1.82, 2.24) is 16.0 Å².